The average molecular weight is 259 g/mol. The van der Waals surface area contributed by atoms with Crippen molar-refractivity contribution < 1.29 is 9.84 Å². The standard InChI is InChI=1S/C16H21NO2/c1-2-10-17-11-14(18)12-19-16-9-5-7-13-6-3-4-8-15(13)16/h3-9,14,17-18H,2,10-12H2,1H3. The zero-order valence-electron chi connectivity index (χ0n) is 11.3. The predicted octanol–water partition coefficient (Wildman–Crippen LogP) is 2.58. The first-order chi connectivity index (χ1) is 9.31. The van der Waals surface area contributed by atoms with Crippen molar-refractivity contribution in [1.29, 1.82) is 0 Å². The Hall–Kier alpha value is -1.58. The molecule has 0 bridgehead atoms. The van der Waals surface area contributed by atoms with Gasteiger partial charge in [0.15, 0.2) is 0 Å². The number of aliphatic hydroxyl groups excluding tert-OH is 1. The molecule has 0 spiro atoms. The molecule has 2 aromatic rings. The van der Waals surface area contributed by atoms with Gasteiger partial charge in [0.1, 0.15) is 18.5 Å². The summed E-state index contributed by atoms with van der Waals surface area (Å²) in [5, 5.41) is 15.2. The van der Waals surface area contributed by atoms with Gasteiger partial charge in [-0.15, -0.1) is 0 Å². The summed E-state index contributed by atoms with van der Waals surface area (Å²) in [4.78, 5) is 0. The first kappa shape index (κ1) is 13.8. The van der Waals surface area contributed by atoms with E-state index in [4.69, 9.17) is 4.74 Å². The molecule has 0 fully saturated rings. The van der Waals surface area contributed by atoms with E-state index < -0.39 is 6.10 Å². The van der Waals surface area contributed by atoms with E-state index in [1.165, 1.54) is 0 Å². The van der Waals surface area contributed by atoms with Crippen LogP contribution < -0.4 is 10.1 Å². The minimum absolute atomic E-state index is 0.310. The summed E-state index contributed by atoms with van der Waals surface area (Å²) in [6.45, 7) is 3.90. The van der Waals surface area contributed by atoms with Crippen LogP contribution in [0.4, 0.5) is 0 Å². The predicted molar refractivity (Wildman–Crippen MR) is 78.6 cm³/mol. The van der Waals surface area contributed by atoms with Gasteiger partial charge in [-0.25, -0.2) is 0 Å². The molecule has 1 atom stereocenters. The molecule has 3 heteroatoms. The third-order valence-electron chi connectivity index (χ3n) is 2.99. The zero-order valence-corrected chi connectivity index (χ0v) is 11.3. The Kier molecular flexibility index (Phi) is 5.19. The molecule has 3 nitrogen and oxygen atoms in total. The summed E-state index contributed by atoms with van der Waals surface area (Å²) in [6.07, 6.45) is 0.585. The lowest BCUT2D eigenvalue weighted by Crippen LogP contribution is -2.31. The maximum Gasteiger partial charge on any atom is 0.127 e. The van der Waals surface area contributed by atoms with E-state index in [1.54, 1.807) is 0 Å². The number of rotatable bonds is 7. The molecule has 0 heterocycles. The fraction of sp³-hybridized carbons (Fsp3) is 0.375. The van der Waals surface area contributed by atoms with Crippen LogP contribution in [0.15, 0.2) is 42.5 Å². The molecule has 0 saturated heterocycles. The number of ether oxygens (including phenoxy) is 1. The monoisotopic (exact) mass is 259 g/mol. The van der Waals surface area contributed by atoms with Gasteiger partial charge in [0.25, 0.3) is 0 Å². The Morgan fingerprint density at radius 1 is 1.16 bits per heavy atom. The first-order valence-corrected chi connectivity index (χ1v) is 6.80. The molecule has 1 unspecified atom stereocenters. The largest absolute Gasteiger partial charge is 0.490 e. The molecule has 0 radical (unpaired) electrons. The van der Waals surface area contributed by atoms with Crippen molar-refractivity contribution in [2.24, 2.45) is 0 Å². The zero-order chi connectivity index (χ0) is 13.5. The lowest BCUT2D eigenvalue weighted by Gasteiger charge is -2.14. The maximum atomic E-state index is 9.82. The first-order valence-electron chi connectivity index (χ1n) is 6.80. The summed E-state index contributed by atoms with van der Waals surface area (Å²) >= 11 is 0. The van der Waals surface area contributed by atoms with E-state index in [9.17, 15) is 5.11 Å². The van der Waals surface area contributed by atoms with Gasteiger partial charge in [-0.3, -0.25) is 0 Å². The average Bonchev–Trinajstić information content (AvgIpc) is 2.45. The van der Waals surface area contributed by atoms with Crippen molar-refractivity contribution in [2.75, 3.05) is 19.7 Å². The summed E-state index contributed by atoms with van der Waals surface area (Å²) in [6, 6.07) is 14.1. The van der Waals surface area contributed by atoms with Crippen LogP contribution in [0, 0.1) is 0 Å². The van der Waals surface area contributed by atoms with Gasteiger partial charge in [-0.2, -0.15) is 0 Å². The summed E-state index contributed by atoms with van der Waals surface area (Å²) in [5.41, 5.74) is 0. The van der Waals surface area contributed by atoms with Crippen LogP contribution in [0.2, 0.25) is 0 Å². The highest BCUT2D eigenvalue weighted by molar-refractivity contribution is 5.88. The van der Waals surface area contributed by atoms with Gasteiger partial charge in [-0.05, 0) is 24.4 Å². The molecule has 2 rings (SSSR count). The van der Waals surface area contributed by atoms with E-state index in [-0.39, 0.29) is 0 Å². The Morgan fingerprint density at radius 3 is 2.79 bits per heavy atom. The van der Waals surface area contributed by atoms with Crippen LogP contribution in [0.1, 0.15) is 13.3 Å². The summed E-state index contributed by atoms with van der Waals surface area (Å²) in [5.74, 6) is 0.827. The molecule has 0 saturated carbocycles. The highest BCUT2D eigenvalue weighted by atomic mass is 16.5. The summed E-state index contributed by atoms with van der Waals surface area (Å²) in [7, 11) is 0. The van der Waals surface area contributed by atoms with E-state index >= 15 is 0 Å². The highest BCUT2D eigenvalue weighted by Crippen LogP contribution is 2.25. The van der Waals surface area contributed by atoms with E-state index in [0.29, 0.717) is 13.2 Å². The van der Waals surface area contributed by atoms with Gasteiger partial charge in [0.2, 0.25) is 0 Å². The molecule has 0 amide bonds. The number of aliphatic hydroxyl groups is 1. The van der Waals surface area contributed by atoms with Gasteiger partial charge in [-0.1, -0.05) is 43.3 Å². The van der Waals surface area contributed by atoms with E-state index in [2.05, 4.69) is 24.4 Å². The highest BCUT2D eigenvalue weighted by Gasteiger charge is 2.06. The normalized spacial score (nSPS) is 12.5. The third-order valence-corrected chi connectivity index (χ3v) is 2.99. The Balaban J connectivity index is 1.94. The van der Waals surface area contributed by atoms with Crippen LogP contribution in [-0.2, 0) is 0 Å². The molecule has 0 aliphatic rings. The van der Waals surface area contributed by atoms with Gasteiger partial charge < -0.3 is 15.2 Å². The Bertz CT molecular complexity index is 508. The molecule has 0 aromatic heterocycles. The Labute approximate surface area is 114 Å². The number of nitrogens with one attached hydrogen (secondary N) is 1. The molecule has 0 aliphatic carbocycles. The topological polar surface area (TPSA) is 41.5 Å². The SMILES string of the molecule is CCCNCC(O)COc1cccc2ccccc12. The molecule has 0 aliphatic heterocycles. The Morgan fingerprint density at radius 2 is 1.95 bits per heavy atom. The molecule has 2 aromatic carbocycles. The third kappa shape index (κ3) is 3.94. The maximum absolute atomic E-state index is 9.82. The fourth-order valence-corrected chi connectivity index (χ4v) is 2.01. The van der Waals surface area contributed by atoms with Crippen LogP contribution in [0.25, 0.3) is 10.8 Å². The second-order valence-electron chi connectivity index (χ2n) is 4.65. The van der Waals surface area contributed by atoms with Crippen molar-refractivity contribution in [1.82, 2.24) is 5.32 Å². The van der Waals surface area contributed by atoms with Crippen molar-refractivity contribution in [3.8, 4) is 5.75 Å². The number of fused-ring (bicyclic) bond motifs is 1. The van der Waals surface area contributed by atoms with Gasteiger partial charge in [0, 0.05) is 11.9 Å². The van der Waals surface area contributed by atoms with E-state index in [1.807, 2.05) is 30.3 Å². The van der Waals surface area contributed by atoms with Crippen LogP contribution in [-0.4, -0.2) is 30.9 Å². The second-order valence-corrected chi connectivity index (χ2v) is 4.65. The van der Waals surface area contributed by atoms with Crippen molar-refractivity contribution in [3.63, 3.8) is 0 Å². The van der Waals surface area contributed by atoms with Crippen LogP contribution in [0.5, 0.6) is 5.75 Å². The fourth-order valence-electron chi connectivity index (χ4n) is 2.01. The molecule has 19 heavy (non-hydrogen) atoms. The molecular formula is C16H21NO2. The minimum Gasteiger partial charge on any atom is -0.490 e. The lowest BCUT2D eigenvalue weighted by molar-refractivity contribution is 0.107. The van der Waals surface area contributed by atoms with E-state index in [0.717, 1.165) is 29.5 Å². The summed E-state index contributed by atoms with van der Waals surface area (Å²) < 4.78 is 5.72. The van der Waals surface area contributed by atoms with Gasteiger partial charge >= 0.3 is 0 Å². The number of hydrogen-bond acceptors (Lipinski definition) is 3. The lowest BCUT2D eigenvalue weighted by atomic mass is 10.1. The molecule has 2 N–H and O–H groups in total. The van der Waals surface area contributed by atoms with Gasteiger partial charge in [0.05, 0.1) is 0 Å². The smallest absolute Gasteiger partial charge is 0.127 e. The molecular weight excluding hydrogens is 238 g/mol. The van der Waals surface area contributed by atoms with Crippen molar-refractivity contribution in [2.45, 2.75) is 19.4 Å². The number of benzene rings is 2. The quantitative estimate of drug-likeness (QED) is 0.751. The van der Waals surface area contributed by atoms with Crippen LogP contribution in [0.3, 0.4) is 0 Å². The molecule has 102 valence electrons. The van der Waals surface area contributed by atoms with Crippen molar-refractivity contribution >= 4 is 10.8 Å². The number of hydrogen-bond donors (Lipinski definition) is 2. The second kappa shape index (κ2) is 7.12. The van der Waals surface area contributed by atoms with Crippen molar-refractivity contribution in [3.05, 3.63) is 42.5 Å². The van der Waals surface area contributed by atoms with Crippen LogP contribution >= 0.6 is 0 Å². The minimum atomic E-state index is -0.481.